The van der Waals surface area contributed by atoms with Crippen LogP contribution >= 0.6 is 0 Å². The van der Waals surface area contributed by atoms with Crippen LogP contribution in [0.15, 0.2) is 42.5 Å². The first-order chi connectivity index (χ1) is 12.5. The summed E-state index contributed by atoms with van der Waals surface area (Å²) in [6.07, 6.45) is 1.06. The molecule has 2 amide bonds. The van der Waals surface area contributed by atoms with Crippen LogP contribution in [0.1, 0.15) is 18.4 Å². The molecule has 0 radical (unpaired) electrons. The largest absolute Gasteiger partial charge is 0.493 e. The van der Waals surface area contributed by atoms with Gasteiger partial charge in [0, 0.05) is 17.4 Å². The molecular formula is C20H22N2O4. The van der Waals surface area contributed by atoms with Gasteiger partial charge in [-0.25, -0.2) is 0 Å². The molecule has 0 aliphatic heterocycles. The Morgan fingerprint density at radius 2 is 1.38 bits per heavy atom. The van der Waals surface area contributed by atoms with Gasteiger partial charge < -0.3 is 20.1 Å². The number of rotatable bonds is 6. The lowest BCUT2D eigenvalue weighted by molar-refractivity contribution is -0.131. The van der Waals surface area contributed by atoms with Gasteiger partial charge in [0.05, 0.1) is 14.2 Å². The molecule has 26 heavy (non-hydrogen) atoms. The van der Waals surface area contributed by atoms with Gasteiger partial charge in [0.15, 0.2) is 11.5 Å². The number of anilines is 2. The zero-order valence-electron chi connectivity index (χ0n) is 15.1. The van der Waals surface area contributed by atoms with E-state index in [9.17, 15) is 9.59 Å². The molecule has 136 valence electrons. The number of nitrogens with one attached hydrogen (secondary N) is 2. The van der Waals surface area contributed by atoms with E-state index in [4.69, 9.17) is 9.47 Å². The van der Waals surface area contributed by atoms with Crippen LogP contribution < -0.4 is 20.1 Å². The minimum Gasteiger partial charge on any atom is -0.493 e. The molecule has 2 N–H and O–H groups in total. The summed E-state index contributed by atoms with van der Waals surface area (Å²) in [5.74, 6) is 0.497. The second-order valence-corrected chi connectivity index (χ2v) is 6.43. The number of benzene rings is 2. The van der Waals surface area contributed by atoms with Crippen LogP contribution in [-0.2, 0) is 9.59 Å². The van der Waals surface area contributed by atoms with Crippen molar-refractivity contribution in [1.82, 2.24) is 0 Å². The van der Waals surface area contributed by atoms with Gasteiger partial charge in [0.2, 0.25) is 11.8 Å². The highest BCUT2D eigenvalue weighted by Gasteiger charge is 2.56. The van der Waals surface area contributed by atoms with Gasteiger partial charge >= 0.3 is 0 Å². The van der Waals surface area contributed by atoms with Crippen LogP contribution in [0, 0.1) is 12.3 Å². The standard InChI is InChI=1S/C20H22N2O4/c1-13-4-6-14(7-5-13)21-18(23)20(10-11-20)19(24)22-15-8-9-16(25-2)17(12-15)26-3/h4-9,12H,10-11H2,1-3H3,(H,21,23)(H,22,24). The Morgan fingerprint density at radius 3 is 1.92 bits per heavy atom. The Bertz CT molecular complexity index is 826. The molecule has 0 atom stereocenters. The highest BCUT2D eigenvalue weighted by Crippen LogP contribution is 2.47. The topological polar surface area (TPSA) is 76.7 Å². The highest BCUT2D eigenvalue weighted by molar-refractivity contribution is 6.16. The Morgan fingerprint density at radius 1 is 0.846 bits per heavy atom. The summed E-state index contributed by atoms with van der Waals surface area (Å²) in [4.78, 5) is 25.3. The zero-order valence-corrected chi connectivity index (χ0v) is 15.1. The number of amides is 2. The molecule has 1 fully saturated rings. The summed E-state index contributed by atoms with van der Waals surface area (Å²) in [7, 11) is 3.07. The maximum absolute atomic E-state index is 12.7. The summed E-state index contributed by atoms with van der Waals surface area (Å²) >= 11 is 0. The first-order valence-corrected chi connectivity index (χ1v) is 8.40. The van der Waals surface area contributed by atoms with Gasteiger partial charge in [-0.1, -0.05) is 17.7 Å². The number of carbonyl (C=O) groups is 2. The molecule has 0 aromatic heterocycles. The third-order valence-corrected chi connectivity index (χ3v) is 4.57. The molecule has 0 spiro atoms. The van der Waals surface area contributed by atoms with Crippen molar-refractivity contribution in [3.8, 4) is 11.5 Å². The molecule has 0 saturated heterocycles. The first-order valence-electron chi connectivity index (χ1n) is 8.40. The summed E-state index contributed by atoms with van der Waals surface area (Å²) in [6.45, 7) is 1.98. The molecular weight excluding hydrogens is 332 g/mol. The van der Waals surface area contributed by atoms with Crippen LogP contribution in [-0.4, -0.2) is 26.0 Å². The number of hydrogen-bond acceptors (Lipinski definition) is 4. The monoisotopic (exact) mass is 354 g/mol. The summed E-state index contributed by atoms with van der Waals surface area (Å²) in [5, 5.41) is 5.65. The Labute approximate surface area is 152 Å². The number of hydrogen-bond donors (Lipinski definition) is 2. The van der Waals surface area contributed by atoms with Crippen molar-refractivity contribution in [3.05, 3.63) is 48.0 Å². The van der Waals surface area contributed by atoms with E-state index in [0.717, 1.165) is 5.56 Å². The number of carbonyl (C=O) groups excluding carboxylic acids is 2. The lowest BCUT2D eigenvalue weighted by atomic mass is 10.0. The lowest BCUT2D eigenvalue weighted by Crippen LogP contribution is -2.35. The van der Waals surface area contributed by atoms with Crippen LogP contribution in [0.2, 0.25) is 0 Å². The van der Waals surface area contributed by atoms with Crippen molar-refractivity contribution in [2.75, 3.05) is 24.9 Å². The van der Waals surface area contributed by atoms with E-state index < -0.39 is 5.41 Å². The molecule has 6 nitrogen and oxygen atoms in total. The van der Waals surface area contributed by atoms with Crippen molar-refractivity contribution in [2.24, 2.45) is 5.41 Å². The summed E-state index contributed by atoms with van der Waals surface area (Å²) in [5.41, 5.74) is 1.33. The molecule has 0 bridgehead atoms. The molecule has 1 aliphatic rings. The maximum Gasteiger partial charge on any atom is 0.240 e. The van der Waals surface area contributed by atoms with Gasteiger partial charge in [-0.2, -0.15) is 0 Å². The van der Waals surface area contributed by atoms with E-state index >= 15 is 0 Å². The predicted molar refractivity (Wildman–Crippen MR) is 99.7 cm³/mol. The molecule has 1 aliphatic carbocycles. The van der Waals surface area contributed by atoms with Crippen LogP contribution in [0.25, 0.3) is 0 Å². The molecule has 2 aromatic carbocycles. The van der Waals surface area contributed by atoms with Crippen molar-refractivity contribution in [2.45, 2.75) is 19.8 Å². The first kappa shape index (κ1) is 17.8. The van der Waals surface area contributed by atoms with Gasteiger partial charge in [-0.05, 0) is 44.0 Å². The smallest absolute Gasteiger partial charge is 0.240 e. The van der Waals surface area contributed by atoms with Crippen molar-refractivity contribution in [3.63, 3.8) is 0 Å². The Kier molecular flexibility index (Phi) is 4.84. The van der Waals surface area contributed by atoms with E-state index in [2.05, 4.69) is 10.6 Å². The quantitative estimate of drug-likeness (QED) is 0.780. The fourth-order valence-electron chi connectivity index (χ4n) is 2.73. The average molecular weight is 354 g/mol. The van der Waals surface area contributed by atoms with Crippen molar-refractivity contribution < 1.29 is 19.1 Å². The zero-order chi connectivity index (χ0) is 18.7. The van der Waals surface area contributed by atoms with E-state index in [1.54, 1.807) is 25.3 Å². The number of ether oxygens (including phenoxy) is 2. The third-order valence-electron chi connectivity index (χ3n) is 4.57. The van der Waals surface area contributed by atoms with Gasteiger partial charge in [-0.15, -0.1) is 0 Å². The molecule has 2 aromatic rings. The van der Waals surface area contributed by atoms with Gasteiger partial charge in [-0.3, -0.25) is 9.59 Å². The van der Waals surface area contributed by atoms with Gasteiger partial charge in [0.25, 0.3) is 0 Å². The summed E-state index contributed by atoms with van der Waals surface area (Å²) < 4.78 is 10.4. The van der Waals surface area contributed by atoms with Crippen molar-refractivity contribution in [1.29, 1.82) is 0 Å². The van der Waals surface area contributed by atoms with E-state index in [0.29, 0.717) is 35.7 Å². The van der Waals surface area contributed by atoms with Crippen LogP contribution in [0.5, 0.6) is 11.5 Å². The highest BCUT2D eigenvalue weighted by atomic mass is 16.5. The van der Waals surface area contributed by atoms with E-state index in [-0.39, 0.29) is 11.8 Å². The minimum absolute atomic E-state index is 0.278. The fourth-order valence-corrected chi connectivity index (χ4v) is 2.73. The number of aryl methyl sites for hydroxylation is 1. The molecule has 1 saturated carbocycles. The second kappa shape index (κ2) is 7.07. The molecule has 6 heteroatoms. The Hall–Kier alpha value is -3.02. The average Bonchev–Trinajstić information content (AvgIpc) is 3.45. The fraction of sp³-hybridized carbons (Fsp3) is 0.300. The maximum atomic E-state index is 12.7. The van der Waals surface area contributed by atoms with Crippen LogP contribution in [0.3, 0.4) is 0 Å². The Balaban J connectivity index is 1.70. The SMILES string of the molecule is COc1ccc(NC(=O)C2(C(=O)Nc3ccc(C)cc3)CC2)cc1OC. The predicted octanol–water partition coefficient (Wildman–Crippen LogP) is 3.37. The van der Waals surface area contributed by atoms with E-state index in [1.165, 1.54) is 7.11 Å². The van der Waals surface area contributed by atoms with Crippen molar-refractivity contribution >= 4 is 23.2 Å². The summed E-state index contributed by atoms with van der Waals surface area (Å²) in [6, 6.07) is 12.6. The second-order valence-electron chi connectivity index (χ2n) is 6.43. The molecule has 0 heterocycles. The molecule has 3 rings (SSSR count). The van der Waals surface area contributed by atoms with Gasteiger partial charge in [0.1, 0.15) is 5.41 Å². The normalized spacial score (nSPS) is 14.3. The lowest BCUT2D eigenvalue weighted by Gasteiger charge is -2.16. The minimum atomic E-state index is -1.02. The number of methoxy groups -OCH3 is 2. The third kappa shape index (κ3) is 3.49. The van der Waals surface area contributed by atoms with E-state index in [1.807, 2.05) is 31.2 Å². The van der Waals surface area contributed by atoms with Crippen LogP contribution in [0.4, 0.5) is 11.4 Å². The molecule has 0 unspecified atom stereocenters.